The van der Waals surface area contributed by atoms with E-state index in [1.165, 1.54) is 12.1 Å². The first-order chi connectivity index (χ1) is 18.0. The van der Waals surface area contributed by atoms with E-state index >= 15 is 0 Å². The molecular formula is C25H32F3NO8S2. The summed E-state index contributed by atoms with van der Waals surface area (Å²) in [5, 5.41) is 4.28. The van der Waals surface area contributed by atoms with Crippen LogP contribution in [-0.2, 0) is 42.1 Å². The van der Waals surface area contributed by atoms with E-state index in [9.17, 15) is 31.2 Å². The molecule has 1 amide bonds. The number of esters is 1. The Bertz CT molecular complexity index is 1210. The average molecular weight is 596 g/mol. The fourth-order valence-electron chi connectivity index (χ4n) is 3.20. The van der Waals surface area contributed by atoms with Crippen molar-refractivity contribution in [2.45, 2.75) is 70.7 Å². The van der Waals surface area contributed by atoms with Crippen LogP contribution in [0.1, 0.15) is 56.5 Å². The Kier molecular flexibility index (Phi) is 11.2. The first-order valence-corrected chi connectivity index (χ1v) is 14.2. The number of nitrogens with one attached hydrogen (secondary N) is 1. The van der Waals surface area contributed by atoms with Crippen LogP contribution in [0, 0.1) is 0 Å². The molecule has 0 aliphatic rings. The largest absolute Gasteiger partial charge is 0.534 e. The van der Waals surface area contributed by atoms with Crippen molar-refractivity contribution in [2.24, 2.45) is 0 Å². The average Bonchev–Trinajstić information content (AvgIpc) is 3.34. The number of alkyl carbamates (subject to hydrolysis) is 1. The van der Waals surface area contributed by atoms with E-state index in [-0.39, 0.29) is 31.1 Å². The maximum absolute atomic E-state index is 12.9. The fraction of sp³-hybridized carbons (Fsp3) is 0.520. The van der Waals surface area contributed by atoms with Crippen LogP contribution in [0.5, 0.6) is 5.75 Å². The molecule has 0 aliphatic heterocycles. The number of alkyl halides is 3. The summed E-state index contributed by atoms with van der Waals surface area (Å²) in [5.74, 6) is -1.30. The number of rotatable bonds is 12. The minimum Gasteiger partial charge on any atom is -0.464 e. The summed E-state index contributed by atoms with van der Waals surface area (Å²) in [7, 11) is -5.98. The van der Waals surface area contributed by atoms with Crippen LogP contribution < -0.4 is 9.50 Å². The lowest BCUT2D eigenvalue weighted by Gasteiger charge is -2.21. The number of benzene rings is 1. The van der Waals surface area contributed by atoms with Gasteiger partial charge >= 0.3 is 27.7 Å². The molecule has 2 aromatic rings. The third-order valence-corrected chi connectivity index (χ3v) is 7.05. The highest BCUT2D eigenvalue weighted by Gasteiger charge is 2.48. The van der Waals surface area contributed by atoms with Crippen molar-refractivity contribution in [3.8, 4) is 5.75 Å². The minimum absolute atomic E-state index is 0.0149. The first kappa shape index (κ1) is 32.4. The van der Waals surface area contributed by atoms with Gasteiger partial charge in [0, 0.05) is 29.3 Å². The molecule has 39 heavy (non-hydrogen) atoms. The van der Waals surface area contributed by atoms with Gasteiger partial charge in [0.15, 0.2) is 6.10 Å². The van der Waals surface area contributed by atoms with Gasteiger partial charge in [0.25, 0.3) is 0 Å². The van der Waals surface area contributed by atoms with Gasteiger partial charge in [-0.25, -0.2) is 9.59 Å². The Morgan fingerprint density at radius 1 is 1.13 bits per heavy atom. The van der Waals surface area contributed by atoms with Crippen molar-refractivity contribution in [3.05, 3.63) is 51.7 Å². The zero-order valence-electron chi connectivity index (χ0n) is 22.2. The zero-order chi connectivity index (χ0) is 29.4. The number of carbonyl (C=O) groups excluding carboxylic acids is 2. The van der Waals surface area contributed by atoms with Gasteiger partial charge in [-0.15, -0.1) is 11.3 Å². The van der Waals surface area contributed by atoms with E-state index in [0.29, 0.717) is 5.56 Å². The van der Waals surface area contributed by atoms with Gasteiger partial charge in [0.1, 0.15) is 11.4 Å². The molecule has 9 nitrogen and oxygen atoms in total. The first-order valence-electron chi connectivity index (χ1n) is 11.9. The second kappa shape index (κ2) is 13.5. The van der Waals surface area contributed by atoms with Crippen LogP contribution in [0.3, 0.4) is 0 Å². The summed E-state index contributed by atoms with van der Waals surface area (Å²) < 4.78 is 82.5. The molecule has 1 aromatic heterocycles. The van der Waals surface area contributed by atoms with Crippen molar-refractivity contribution >= 4 is 33.5 Å². The molecule has 2 unspecified atom stereocenters. The Morgan fingerprint density at radius 2 is 1.82 bits per heavy atom. The molecule has 1 N–H and O–H groups in total. The topological polar surface area (TPSA) is 117 Å². The van der Waals surface area contributed by atoms with E-state index in [1.54, 1.807) is 39.0 Å². The zero-order valence-corrected chi connectivity index (χ0v) is 23.8. The SMILES string of the molecule is CCOC(=O)C(Cc1ccc(OS(=O)(=O)C(F)(F)F)c(CNC(=O)OC(C)(C)C)c1)OCC(C)c1cccs1. The molecule has 0 saturated carbocycles. The normalized spacial score (nSPS) is 13.8. The van der Waals surface area contributed by atoms with Crippen molar-refractivity contribution in [1.82, 2.24) is 5.32 Å². The molecule has 0 bridgehead atoms. The second-order valence-electron chi connectivity index (χ2n) is 9.48. The van der Waals surface area contributed by atoms with E-state index in [1.807, 2.05) is 24.4 Å². The number of hydrogen-bond donors (Lipinski definition) is 1. The predicted molar refractivity (Wildman–Crippen MR) is 138 cm³/mol. The fourth-order valence-corrected chi connectivity index (χ4v) is 4.47. The molecule has 0 radical (unpaired) electrons. The summed E-state index contributed by atoms with van der Waals surface area (Å²) in [6, 6.07) is 7.47. The van der Waals surface area contributed by atoms with Crippen molar-refractivity contribution in [2.75, 3.05) is 13.2 Å². The summed E-state index contributed by atoms with van der Waals surface area (Å²) in [6.45, 7) is 8.30. The number of hydrogen-bond acceptors (Lipinski definition) is 9. The van der Waals surface area contributed by atoms with Crippen LogP contribution in [0.4, 0.5) is 18.0 Å². The Balaban J connectivity index is 2.31. The molecule has 14 heteroatoms. The Hall–Kier alpha value is -2.84. The van der Waals surface area contributed by atoms with Gasteiger partial charge in [0.05, 0.1) is 13.2 Å². The third kappa shape index (κ3) is 10.3. The molecule has 1 aromatic carbocycles. The minimum atomic E-state index is -5.98. The highest BCUT2D eigenvalue weighted by molar-refractivity contribution is 7.88. The summed E-state index contributed by atoms with van der Waals surface area (Å²) in [6.07, 6.45) is -1.97. The number of carbonyl (C=O) groups is 2. The molecule has 0 saturated heterocycles. The molecule has 218 valence electrons. The van der Waals surface area contributed by atoms with Gasteiger partial charge in [0.2, 0.25) is 0 Å². The maximum atomic E-state index is 12.9. The van der Waals surface area contributed by atoms with Crippen LogP contribution in [-0.4, -0.2) is 50.9 Å². The number of amides is 1. The molecule has 2 rings (SSSR count). The quantitative estimate of drug-likeness (QED) is 0.200. The number of halogens is 3. The number of ether oxygens (including phenoxy) is 3. The monoisotopic (exact) mass is 595 g/mol. The van der Waals surface area contributed by atoms with E-state index in [2.05, 4.69) is 9.50 Å². The lowest BCUT2D eigenvalue weighted by atomic mass is 10.0. The van der Waals surface area contributed by atoms with E-state index in [4.69, 9.17) is 14.2 Å². The lowest BCUT2D eigenvalue weighted by Crippen LogP contribution is -2.33. The van der Waals surface area contributed by atoms with Crippen molar-refractivity contribution in [3.63, 3.8) is 0 Å². The molecule has 0 spiro atoms. The maximum Gasteiger partial charge on any atom is 0.534 e. The second-order valence-corrected chi connectivity index (χ2v) is 12.0. The van der Waals surface area contributed by atoms with Crippen LogP contribution in [0.25, 0.3) is 0 Å². The Morgan fingerprint density at radius 3 is 2.38 bits per heavy atom. The molecular weight excluding hydrogens is 563 g/mol. The van der Waals surface area contributed by atoms with Crippen LogP contribution >= 0.6 is 11.3 Å². The van der Waals surface area contributed by atoms with Crippen LogP contribution in [0.2, 0.25) is 0 Å². The lowest BCUT2D eigenvalue weighted by molar-refractivity contribution is -0.156. The van der Waals surface area contributed by atoms with Gasteiger partial charge in [-0.05, 0) is 50.8 Å². The molecule has 1 heterocycles. The Labute approximate surface area is 229 Å². The highest BCUT2D eigenvalue weighted by Crippen LogP contribution is 2.30. The van der Waals surface area contributed by atoms with E-state index < -0.39 is 51.7 Å². The summed E-state index contributed by atoms with van der Waals surface area (Å²) in [5.41, 5.74) is -6.21. The molecule has 0 aliphatic carbocycles. The number of thiophene rings is 1. The van der Waals surface area contributed by atoms with Gasteiger partial charge < -0.3 is 23.7 Å². The predicted octanol–water partition coefficient (Wildman–Crippen LogP) is 5.30. The molecule has 2 atom stereocenters. The van der Waals surface area contributed by atoms with E-state index in [0.717, 1.165) is 10.9 Å². The highest BCUT2D eigenvalue weighted by atomic mass is 32.2. The summed E-state index contributed by atoms with van der Waals surface area (Å²) >= 11 is 1.54. The van der Waals surface area contributed by atoms with Gasteiger partial charge in [-0.2, -0.15) is 21.6 Å². The standard InChI is InChI=1S/C25H32F3NO8S2/c1-6-34-22(30)20(35-15-16(2)21-8-7-11-38-21)13-17-9-10-19(37-39(32,33)25(26,27)28)18(12-17)14-29-23(31)36-24(3,4)5/h7-12,16,20H,6,13-15H2,1-5H3,(H,29,31). The van der Waals surface area contributed by atoms with Gasteiger partial charge in [-0.1, -0.05) is 25.1 Å². The van der Waals surface area contributed by atoms with Crippen molar-refractivity contribution < 1.29 is 49.6 Å². The van der Waals surface area contributed by atoms with Crippen LogP contribution in [0.15, 0.2) is 35.7 Å². The smallest absolute Gasteiger partial charge is 0.464 e. The third-order valence-electron chi connectivity index (χ3n) is 4.98. The summed E-state index contributed by atoms with van der Waals surface area (Å²) in [4.78, 5) is 25.8. The van der Waals surface area contributed by atoms with Crippen molar-refractivity contribution in [1.29, 1.82) is 0 Å². The van der Waals surface area contributed by atoms with Gasteiger partial charge in [-0.3, -0.25) is 0 Å². The molecule has 0 fully saturated rings.